The highest BCUT2D eigenvalue weighted by Gasteiger charge is 2.21. The van der Waals surface area contributed by atoms with Gasteiger partial charge in [-0.25, -0.2) is 4.98 Å². The van der Waals surface area contributed by atoms with Gasteiger partial charge in [-0.2, -0.15) is 0 Å². The van der Waals surface area contributed by atoms with Crippen LogP contribution in [0.5, 0.6) is 0 Å². The van der Waals surface area contributed by atoms with Crippen LogP contribution in [-0.4, -0.2) is 58.7 Å². The summed E-state index contributed by atoms with van der Waals surface area (Å²) in [5, 5.41) is 3.50. The molecule has 0 aliphatic carbocycles. The lowest BCUT2D eigenvalue weighted by Gasteiger charge is -2.36. The van der Waals surface area contributed by atoms with Gasteiger partial charge >= 0.3 is 0 Å². The maximum Gasteiger partial charge on any atom is 0.259 e. The molecule has 1 aromatic carbocycles. The number of carbonyl (C=O) groups excluding carboxylic acids is 1. The number of rotatable bonds is 7. The number of thiophene rings is 1. The largest absolute Gasteiger partial charge is 0.367 e. The molecule has 0 radical (unpaired) electrons. The molecular formula is C24H31N5O2S2. The summed E-state index contributed by atoms with van der Waals surface area (Å²) in [6, 6.07) is 8.00. The first kappa shape index (κ1) is 23.8. The Morgan fingerprint density at radius 1 is 1.24 bits per heavy atom. The molecule has 2 N–H and O–H groups in total. The summed E-state index contributed by atoms with van der Waals surface area (Å²) in [4.78, 5) is 39.6. The number of amides is 1. The second-order valence-electron chi connectivity index (χ2n) is 8.36. The number of aromatic amines is 1. The quantitative estimate of drug-likeness (QED) is 0.526. The Hall–Kier alpha value is -2.36. The van der Waals surface area contributed by atoms with Gasteiger partial charge < -0.3 is 20.1 Å². The van der Waals surface area contributed by atoms with Crippen molar-refractivity contribution in [3.05, 3.63) is 50.9 Å². The molecule has 1 unspecified atom stereocenters. The number of nitrogens with zero attached hydrogens (tertiary/aromatic N) is 3. The summed E-state index contributed by atoms with van der Waals surface area (Å²) >= 11 is 3.01. The monoisotopic (exact) mass is 485 g/mol. The number of piperazine rings is 1. The van der Waals surface area contributed by atoms with Crippen LogP contribution in [0.4, 0.5) is 11.4 Å². The predicted molar refractivity (Wildman–Crippen MR) is 140 cm³/mol. The highest BCUT2D eigenvalue weighted by Crippen LogP contribution is 2.29. The molecule has 1 aliphatic heterocycles. The summed E-state index contributed by atoms with van der Waals surface area (Å²) in [6.45, 7) is 13.1. The third-order valence-electron chi connectivity index (χ3n) is 6.25. The van der Waals surface area contributed by atoms with Crippen LogP contribution in [0.2, 0.25) is 0 Å². The molecule has 1 amide bonds. The molecule has 0 spiro atoms. The Morgan fingerprint density at radius 2 is 1.97 bits per heavy atom. The molecule has 3 aromatic rings. The van der Waals surface area contributed by atoms with E-state index in [1.54, 1.807) is 0 Å². The van der Waals surface area contributed by atoms with Gasteiger partial charge in [-0.05, 0) is 45.0 Å². The van der Waals surface area contributed by atoms with Gasteiger partial charge in [0.25, 0.3) is 5.56 Å². The Kier molecular flexibility index (Phi) is 7.41. The number of hydrogen-bond donors (Lipinski definition) is 2. The fourth-order valence-corrected chi connectivity index (χ4v) is 5.85. The summed E-state index contributed by atoms with van der Waals surface area (Å²) in [7, 11) is 0. The van der Waals surface area contributed by atoms with Crippen LogP contribution in [0.15, 0.2) is 29.1 Å². The number of likely N-dealkylation sites (N-methyl/N-ethyl adjacent to an activating group) is 1. The molecule has 1 atom stereocenters. The third kappa shape index (κ3) is 5.26. The lowest BCUT2D eigenvalue weighted by Crippen LogP contribution is -2.46. The van der Waals surface area contributed by atoms with Crippen LogP contribution in [0.1, 0.15) is 30.1 Å². The predicted octanol–water partition coefficient (Wildman–Crippen LogP) is 4.00. The Bertz CT molecular complexity index is 1200. The van der Waals surface area contributed by atoms with Gasteiger partial charge in [0.2, 0.25) is 5.91 Å². The number of anilines is 2. The molecule has 7 nitrogen and oxygen atoms in total. The van der Waals surface area contributed by atoms with Crippen molar-refractivity contribution in [2.75, 3.05) is 42.9 Å². The molecule has 1 aliphatic rings. The summed E-state index contributed by atoms with van der Waals surface area (Å²) in [5.41, 5.74) is 2.80. The van der Waals surface area contributed by atoms with Crippen LogP contribution in [-0.2, 0) is 10.5 Å². The number of para-hydroxylation sites is 2. The number of aromatic nitrogens is 2. The van der Waals surface area contributed by atoms with Crippen LogP contribution >= 0.6 is 23.1 Å². The molecule has 2 aromatic heterocycles. The molecule has 33 heavy (non-hydrogen) atoms. The van der Waals surface area contributed by atoms with Crippen LogP contribution in [0.3, 0.4) is 0 Å². The first-order valence-electron chi connectivity index (χ1n) is 11.3. The smallest absolute Gasteiger partial charge is 0.259 e. The highest BCUT2D eigenvalue weighted by molar-refractivity contribution is 7.99. The fourth-order valence-electron chi connectivity index (χ4n) is 4.04. The van der Waals surface area contributed by atoms with Crippen molar-refractivity contribution < 1.29 is 4.79 Å². The second kappa shape index (κ2) is 10.3. The average Bonchev–Trinajstić information content (AvgIpc) is 3.11. The van der Waals surface area contributed by atoms with E-state index in [9.17, 15) is 9.59 Å². The van der Waals surface area contributed by atoms with Gasteiger partial charge in [-0.15, -0.1) is 23.1 Å². The maximum absolute atomic E-state index is 12.9. The van der Waals surface area contributed by atoms with Crippen molar-refractivity contribution in [3.63, 3.8) is 0 Å². The summed E-state index contributed by atoms with van der Waals surface area (Å²) < 4.78 is 0. The number of fused-ring (bicyclic) bond motifs is 1. The van der Waals surface area contributed by atoms with E-state index in [1.807, 2.05) is 39.0 Å². The molecule has 3 heterocycles. The molecule has 4 rings (SSSR count). The van der Waals surface area contributed by atoms with E-state index in [0.717, 1.165) is 59.4 Å². The Morgan fingerprint density at radius 3 is 2.70 bits per heavy atom. The summed E-state index contributed by atoms with van der Waals surface area (Å²) in [6.07, 6.45) is 0. The van der Waals surface area contributed by atoms with E-state index in [2.05, 4.69) is 38.1 Å². The van der Waals surface area contributed by atoms with Crippen molar-refractivity contribution in [2.24, 2.45) is 0 Å². The zero-order valence-electron chi connectivity index (χ0n) is 19.6. The molecule has 1 saturated heterocycles. The average molecular weight is 486 g/mol. The van der Waals surface area contributed by atoms with Gasteiger partial charge in [0.05, 0.1) is 27.8 Å². The number of nitrogens with one attached hydrogen (secondary N) is 2. The zero-order chi connectivity index (χ0) is 23.5. The van der Waals surface area contributed by atoms with E-state index in [4.69, 9.17) is 0 Å². The van der Waals surface area contributed by atoms with Crippen LogP contribution in [0, 0.1) is 13.8 Å². The van der Waals surface area contributed by atoms with Gasteiger partial charge in [-0.1, -0.05) is 19.1 Å². The number of carbonyl (C=O) groups is 1. The van der Waals surface area contributed by atoms with Crippen molar-refractivity contribution in [3.8, 4) is 0 Å². The maximum atomic E-state index is 12.9. The molecule has 176 valence electrons. The van der Waals surface area contributed by atoms with Gasteiger partial charge in [0.15, 0.2) is 0 Å². The minimum Gasteiger partial charge on any atom is -0.367 e. The van der Waals surface area contributed by atoms with Crippen molar-refractivity contribution >= 4 is 50.6 Å². The van der Waals surface area contributed by atoms with E-state index < -0.39 is 0 Å². The van der Waals surface area contributed by atoms with E-state index in [-0.39, 0.29) is 16.7 Å². The molecular weight excluding hydrogens is 454 g/mol. The standard InChI is InChI=1S/C24H31N5O2S2/c1-5-28-10-12-29(13-11-28)19-9-7-6-8-18(19)25-22(30)17(4)32-14-20-26-23(31)21-15(2)16(3)33-24(21)27-20/h6-9,17H,5,10-14H2,1-4H3,(H,25,30)(H,26,27,31). The molecule has 9 heteroatoms. The van der Waals surface area contributed by atoms with E-state index in [0.29, 0.717) is 17.0 Å². The first-order valence-corrected chi connectivity index (χ1v) is 13.2. The van der Waals surface area contributed by atoms with Gasteiger partial charge in [0.1, 0.15) is 10.7 Å². The second-order valence-corrected chi connectivity index (χ2v) is 10.9. The topological polar surface area (TPSA) is 81.3 Å². The van der Waals surface area contributed by atoms with Gasteiger partial charge in [0, 0.05) is 31.1 Å². The highest BCUT2D eigenvalue weighted by atomic mass is 32.2. The lowest BCUT2D eigenvalue weighted by atomic mass is 10.2. The zero-order valence-corrected chi connectivity index (χ0v) is 21.2. The number of H-pyrrole nitrogens is 1. The fraction of sp³-hybridized carbons (Fsp3) is 0.458. The van der Waals surface area contributed by atoms with E-state index in [1.165, 1.54) is 23.1 Å². The molecule has 0 bridgehead atoms. The van der Waals surface area contributed by atoms with E-state index >= 15 is 0 Å². The minimum absolute atomic E-state index is 0.0501. The molecule has 0 saturated carbocycles. The number of aryl methyl sites for hydroxylation is 2. The van der Waals surface area contributed by atoms with Crippen LogP contribution < -0.4 is 15.8 Å². The van der Waals surface area contributed by atoms with Crippen molar-refractivity contribution in [1.82, 2.24) is 14.9 Å². The minimum atomic E-state index is -0.289. The first-order chi connectivity index (χ1) is 15.9. The van der Waals surface area contributed by atoms with Crippen LogP contribution in [0.25, 0.3) is 10.2 Å². The number of benzene rings is 1. The lowest BCUT2D eigenvalue weighted by molar-refractivity contribution is -0.115. The number of hydrogen-bond acceptors (Lipinski definition) is 7. The van der Waals surface area contributed by atoms with Crippen molar-refractivity contribution in [2.45, 2.75) is 38.7 Å². The Balaban J connectivity index is 1.40. The molecule has 1 fully saturated rings. The Labute approximate surface area is 202 Å². The van der Waals surface area contributed by atoms with Crippen molar-refractivity contribution in [1.29, 1.82) is 0 Å². The summed E-state index contributed by atoms with van der Waals surface area (Å²) in [5.74, 6) is 1.02. The SMILES string of the molecule is CCN1CCN(c2ccccc2NC(=O)C(C)SCc2nc3sc(C)c(C)c3c(=O)[nH]2)CC1. The third-order valence-corrected chi connectivity index (χ3v) is 8.50. The number of thioether (sulfide) groups is 1. The van der Waals surface area contributed by atoms with Gasteiger partial charge in [-0.3, -0.25) is 9.59 Å². The normalized spacial score (nSPS) is 15.7.